The summed E-state index contributed by atoms with van der Waals surface area (Å²) in [5.41, 5.74) is 4.28. The Kier molecular flexibility index (Phi) is 8.21. The number of nitrogens with zero attached hydrogens (tertiary/aromatic N) is 3. The highest BCUT2D eigenvalue weighted by Gasteiger charge is 2.19. The molecule has 12 heteroatoms. The van der Waals surface area contributed by atoms with Crippen molar-refractivity contribution in [3.63, 3.8) is 0 Å². The average molecular weight is 580 g/mol. The Morgan fingerprint density at radius 2 is 1.38 bits per heavy atom. The molecular weight excluding hydrogens is 550 g/mol. The van der Waals surface area contributed by atoms with Crippen LogP contribution in [-0.2, 0) is 26.6 Å². The van der Waals surface area contributed by atoms with Gasteiger partial charge in [0.25, 0.3) is 15.9 Å². The molecule has 1 amide bonds. The van der Waals surface area contributed by atoms with Gasteiger partial charge in [-0.2, -0.15) is 0 Å². The fourth-order valence-corrected chi connectivity index (χ4v) is 5.74. The summed E-state index contributed by atoms with van der Waals surface area (Å²) in [6.07, 6.45) is 1.14. The van der Waals surface area contributed by atoms with E-state index in [0.717, 1.165) is 17.4 Å². The number of rotatable bonds is 9. The molecule has 0 atom stereocenters. The average Bonchev–Trinajstić information content (AvgIpc) is 2.87. The SMILES string of the molecule is Cc1ccc(CN(c2ccc(C(=O)Nc3ccc(S(=O)(=O)Nc4nc(C)cc(C)n4)cc3)cc2)S(C)(=O)=O)cc1. The summed E-state index contributed by atoms with van der Waals surface area (Å²) in [7, 11) is -7.51. The standard InChI is InChI=1S/C28H29N5O5S2/c1-19-5-7-22(8-6-19)18-33(39(4,35)36)25-13-9-23(10-14-25)27(34)31-24-11-15-26(16-12-24)40(37,38)32-28-29-20(2)17-21(3)30-28/h5-17H,18H2,1-4H3,(H,31,34)(H,29,30,32). The Balaban J connectivity index is 1.45. The van der Waals surface area contributed by atoms with Crippen molar-refractivity contribution in [1.82, 2.24) is 9.97 Å². The summed E-state index contributed by atoms with van der Waals surface area (Å²) >= 11 is 0. The van der Waals surface area contributed by atoms with Gasteiger partial charge >= 0.3 is 0 Å². The summed E-state index contributed by atoms with van der Waals surface area (Å²) < 4.78 is 54.1. The number of aryl methyl sites for hydroxylation is 3. The van der Waals surface area contributed by atoms with Crippen molar-refractivity contribution in [2.24, 2.45) is 0 Å². The van der Waals surface area contributed by atoms with Gasteiger partial charge in [0, 0.05) is 22.6 Å². The maximum absolute atomic E-state index is 12.8. The van der Waals surface area contributed by atoms with E-state index in [-0.39, 0.29) is 17.4 Å². The Morgan fingerprint density at radius 1 is 0.800 bits per heavy atom. The summed E-state index contributed by atoms with van der Waals surface area (Å²) in [5, 5.41) is 2.71. The molecular formula is C28H29N5O5S2. The number of amides is 1. The van der Waals surface area contributed by atoms with Crippen LogP contribution < -0.4 is 14.3 Å². The molecule has 3 aromatic carbocycles. The Bertz CT molecular complexity index is 1720. The molecule has 4 aromatic rings. The van der Waals surface area contributed by atoms with Crippen molar-refractivity contribution < 1.29 is 21.6 Å². The Hall–Kier alpha value is -4.29. The first-order valence-corrected chi connectivity index (χ1v) is 15.5. The highest BCUT2D eigenvalue weighted by atomic mass is 32.2. The van der Waals surface area contributed by atoms with Gasteiger partial charge < -0.3 is 5.32 Å². The lowest BCUT2D eigenvalue weighted by molar-refractivity contribution is 0.102. The summed E-state index contributed by atoms with van der Waals surface area (Å²) in [4.78, 5) is 21.0. The molecule has 0 fully saturated rings. The fraction of sp³-hybridized carbons (Fsp3) is 0.179. The second-order valence-corrected chi connectivity index (χ2v) is 12.9. The lowest BCUT2D eigenvalue weighted by atomic mass is 10.1. The molecule has 2 N–H and O–H groups in total. The van der Waals surface area contributed by atoms with E-state index in [1.807, 2.05) is 31.2 Å². The van der Waals surface area contributed by atoms with Gasteiger partial charge in [0.2, 0.25) is 16.0 Å². The van der Waals surface area contributed by atoms with Gasteiger partial charge in [-0.05, 0) is 80.9 Å². The third-order valence-electron chi connectivity index (χ3n) is 5.90. The molecule has 0 aliphatic heterocycles. The van der Waals surface area contributed by atoms with E-state index in [4.69, 9.17) is 0 Å². The van der Waals surface area contributed by atoms with Crippen LogP contribution in [0.3, 0.4) is 0 Å². The van der Waals surface area contributed by atoms with Crippen LogP contribution in [0.4, 0.5) is 17.3 Å². The molecule has 0 bridgehead atoms. The van der Waals surface area contributed by atoms with Crippen molar-refractivity contribution in [3.8, 4) is 0 Å². The molecule has 0 aliphatic carbocycles. The van der Waals surface area contributed by atoms with Crippen molar-refractivity contribution in [3.05, 3.63) is 107 Å². The van der Waals surface area contributed by atoms with Gasteiger partial charge in [0.1, 0.15) is 0 Å². The van der Waals surface area contributed by atoms with E-state index in [9.17, 15) is 21.6 Å². The van der Waals surface area contributed by atoms with Gasteiger partial charge in [-0.25, -0.2) is 31.5 Å². The fourth-order valence-electron chi connectivity index (χ4n) is 3.91. The van der Waals surface area contributed by atoms with Gasteiger partial charge in [-0.15, -0.1) is 0 Å². The minimum atomic E-state index is -3.94. The van der Waals surface area contributed by atoms with Crippen LogP contribution in [0.2, 0.25) is 0 Å². The summed E-state index contributed by atoms with van der Waals surface area (Å²) in [6, 6.07) is 21.2. The number of carbonyl (C=O) groups excluding carboxylic acids is 1. The number of hydrogen-bond donors (Lipinski definition) is 2. The highest BCUT2D eigenvalue weighted by molar-refractivity contribution is 7.92. The molecule has 0 aliphatic rings. The van der Waals surface area contributed by atoms with Crippen molar-refractivity contribution >= 4 is 43.3 Å². The molecule has 4 rings (SSSR count). The van der Waals surface area contributed by atoms with Crippen LogP contribution >= 0.6 is 0 Å². The zero-order valence-corrected chi connectivity index (χ0v) is 24.0. The largest absolute Gasteiger partial charge is 0.322 e. The number of hydrogen-bond acceptors (Lipinski definition) is 7. The van der Waals surface area contributed by atoms with Crippen molar-refractivity contribution in [1.29, 1.82) is 0 Å². The summed E-state index contributed by atoms with van der Waals surface area (Å²) in [5.74, 6) is -0.458. The van der Waals surface area contributed by atoms with E-state index in [1.54, 1.807) is 32.0 Å². The Labute approximate surface area is 234 Å². The smallest absolute Gasteiger partial charge is 0.264 e. The van der Waals surface area contributed by atoms with Gasteiger partial charge in [0.15, 0.2) is 0 Å². The Morgan fingerprint density at radius 3 is 1.93 bits per heavy atom. The molecule has 0 spiro atoms. The molecule has 0 saturated heterocycles. The number of aromatic nitrogens is 2. The van der Waals surface area contributed by atoms with E-state index >= 15 is 0 Å². The van der Waals surface area contributed by atoms with Crippen LogP contribution in [0, 0.1) is 20.8 Å². The normalized spacial score (nSPS) is 11.6. The minimum absolute atomic E-state index is 0.0212. The van der Waals surface area contributed by atoms with Gasteiger partial charge in [0.05, 0.1) is 23.4 Å². The van der Waals surface area contributed by atoms with Crippen LogP contribution in [0.15, 0.2) is 83.8 Å². The van der Waals surface area contributed by atoms with Crippen molar-refractivity contribution in [2.75, 3.05) is 20.6 Å². The predicted molar refractivity (Wildman–Crippen MR) is 155 cm³/mol. The monoisotopic (exact) mass is 579 g/mol. The van der Waals surface area contributed by atoms with Crippen LogP contribution in [0.1, 0.15) is 32.9 Å². The third-order valence-corrected chi connectivity index (χ3v) is 8.38. The maximum Gasteiger partial charge on any atom is 0.264 e. The molecule has 0 unspecified atom stereocenters. The maximum atomic E-state index is 12.8. The first kappa shape index (κ1) is 28.7. The molecule has 1 heterocycles. The molecule has 208 valence electrons. The molecule has 0 saturated carbocycles. The summed E-state index contributed by atoms with van der Waals surface area (Å²) in [6.45, 7) is 5.60. The van der Waals surface area contributed by atoms with E-state index in [0.29, 0.717) is 28.3 Å². The number of anilines is 3. The second kappa shape index (κ2) is 11.4. The van der Waals surface area contributed by atoms with Crippen LogP contribution in [0.25, 0.3) is 0 Å². The van der Waals surface area contributed by atoms with Crippen molar-refractivity contribution in [2.45, 2.75) is 32.2 Å². The predicted octanol–water partition coefficient (Wildman–Crippen LogP) is 4.42. The zero-order valence-electron chi connectivity index (χ0n) is 22.4. The highest BCUT2D eigenvalue weighted by Crippen LogP contribution is 2.23. The first-order valence-electron chi connectivity index (χ1n) is 12.2. The van der Waals surface area contributed by atoms with Crippen LogP contribution in [-0.4, -0.2) is 39.0 Å². The topological polar surface area (TPSA) is 138 Å². The van der Waals surface area contributed by atoms with Gasteiger partial charge in [-0.1, -0.05) is 29.8 Å². The first-order chi connectivity index (χ1) is 18.8. The molecule has 40 heavy (non-hydrogen) atoms. The minimum Gasteiger partial charge on any atom is -0.322 e. The lowest BCUT2D eigenvalue weighted by Crippen LogP contribution is -2.29. The van der Waals surface area contributed by atoms with Gasteiger partial charge in [-0.3, -0.25) is 9.10 Å². The number of benzene rings is 3. The van der Waals surface area contributed by atoms with E-state index < -0.39 is 26.0 Å². The second-order valence-electron chi connectivity index (χ2n) is 9.36. The quantitative estimate of drug-likeness (QED) is 0.299. The van der Waals surface area contributed by atoms with E-state index in [2.05, 4.69) is 20.0 Å². The lowest BCUT2D eigenvalue weighted by Gasteiger charge is -2.23. The third kappa shape index (κ3) is 7.21. The molecule has 10 nitrogen and oxygen atoms in total. The number of sulfonamides is 2. The van der Waals surface area contributed by atoms with Crippen LogP contribution in [0.5, 0.6) is 0 Å². The number of nitrogens with one attached hydrogen (secondary N) is 2. The molecule has 1 aromatic heterocycles. The zero-order chi connectivity index (χ0) is 29.1. The molecule has 0 radical (unpaired) electrons. The van der Waals surface area contributed by atoms with E-state index in [1.165, 1.54) is 40.7 Å². The number of carbonyl (C=O) groups is 1.